The van der Waals surface area contributed by atoms with Crippen molar-refractivity contribution in [2.24, 2.45) is 0 Å². The summed E-state index contributed by atoms with van der Waals surface area (Å²) in [6.45, 7) is 0. The minimum atomic E-state index is -1.07. The zero-order chi connectivity index (χ0) is 9.42. The summed E-state index contributed by atoms with van der Waals surface area (Å²) in [5, 5.41) is 8.73. The highest BCUT2D eigenvalue weighted by Gasteiger charge is 2.13. The molecule has 0 amide bonds. The highest BCUT2D eigenvalue weighted by Crippen LogP contribution is 2.19. The fourth-order valence-electron chi connectivity index (χ4n) is 1.01. The van der Waals surface area contributed by atoms with E-state index in [-0.39, 0.29) is 5.69 Å². The molecule has 0 saturated carbocycles. The van der Waals surface area contributed by atoms with Gasteiger partial charge in [-0.15, -0.1) is 0 Å². The number of aromatic carboxylic acids is 1. The van der Waals surface area contributed by atoms with Gasteiger partial charge in [-0.2, -0.15) is 0 Å². The Bertz CT molecular complexity index is 480. The highest BCUT2D eigenvalue weighted by atomic mass is 79.9. The van der Waals surface area contributed by atoms with Gasteiger partial charge in [0.25, 0.3) is 0 Å². The van der Waals surface area contributed by atoms with Gasteiger partial charge in [-0.1, -0.05) is 0 Å². The molecule has 6 heteroatoms. The number of carboxylic acid groups (broad SMARTS) is 1. The van der Waals surface area contributed by atoms with Gasteiger partial charge in [-0.3, -0.25) is 4.40 Å². The van der Waals surface area contributed by atoms with Crippen LogP contribution in [0, 0.1) is 0 Å². The summed E-state index contributed by atoms with van der Waals surface area (Å²) in [7, 11) is 0. The van der Waals surface area contributed by atoms with Gasteiger partial charge in [-0.05, 0) is 15.9 Å². The van der Waals surface area contributed by atoms with Crippen molar-refractivity contribution in [2.45, 2.75) is 0 Å². The molecule has 2 aromatic heterocycles. The second-order valence-corrected chi connectivity index (χ2v) is 3.16. The van der Waals surface area contributed by atoms with E-state index >= 15 is 0 Å². The number of hydrogen-bond donors (Lipinski definition) is 1. The van der Waals surface area contributed by atoms with Crippen molar-refractivity contribution in [2.75, 3.05) is 0 Å². The monoisotopic (exact) mass is 241 g/mol. The Labute approximate surface area is 81.2 Å². The number of carbonyl (C=O) groups is 1. The molecule has 0 spiro atoms. The van der Waals surface area contributed by atoms with E-state index in [0.717, 1.165) is 0 Å². The fraction of sp³-hybridized carbons (Fsp3) is 0. The number of carboxylic acids is 1. The SMILES string of the molecule is O=C(O)c1ncn2ccnc2c1Br. The van der Waals surface area contributed by atoms with Crippen molar-refractivity contribution in [3.63, 3.8) is 0 Å². The van der Waals surface area contributed by atoms with Crippen LogP contribution in [0.4, 0.5) is 0 Å². The first-order chi connectivity index (χ1) is 6.20. The lowest BCUT2D eigenvalue weighted by molar-refractivity contribution is 0.0689. The van der Waals surface area contributed by atoms with Crippen molar-refractivity contribution in [3.8, 4) is 0 Å². The number of imidazole rings is 1. The van der Waals surface area contributed by atoms with Gasteiger partial charge < -0.3 is 5.11 Å². The largest absolute Gasteiger partial charge is 0.476 e. The minimum absolute atomic E-state index is 0.0290. The standard InChI is InChI=1S/C7H4BrN3O2/c8-4-5(7(12)13)10-3-11-2-1-9-6(4)11/h1-3H,(H,12,13). The maximum absolute atomic E-state index is 10.7. The lowest BCUT2D eigenvalue weighted by Gasteiger charge is -1.99. The third-order valence-corrected chi connectivity index (χ3v) is 2.32. The van der Waals surface area contributed by atoms with Crippen LogP contribution in [0.3, 0.4) is 0 Å². The van der Waals surface area contributed by atoms with Gasteiger partial charge in [0.05, 0.1) is 4.47 Å². The van der Waals surface area contributed by atoms with E-state index in [2.05, 4.69) is 25.9 Å². The average molecular weight is 242 g/mol. The molecule has 2 heterocycles. The molecule has 0 unspecified atom stereocenters. The molecule has 0 saturated heterocycles. The third-order valence-electron chi connectivity index (χ3n) is 1.59. The van der Waals surface area contributed by atoms with Gasteiger partial charge in [0.15, 0.2) is 11.3 Å². The van der Waals surface area contributed by atoms with E-state index < -0.39 is 5.97 Å². The van der Waals surface area contributed by atoms with Gasteiger partial charge in [0, 0.05) is 12.4 Å². The van der Waals surface area contributed by atoms with Crippen LogP contribution in [-0.4, -0.2) is 25.4 Å². The normalized spacial score (nSPS) is 10.5. The summed E-state index contributed by atoms with van der Waals surface area (Å²) in [6.07, 6.45) is 4.68. The Morgan fingerprint density at radius 1 is 1.54 bits per heavy atom. The number of fused-ring (bicyclic) bond motifs is 1. The molecule has 0 fully saturated rings. The molecule has 66 valence electrons. The van der Waals surface area contributed by atoms with Crippen LogP contribution in [0.1, 0.15) is 10.5 Å². The average Bonchev–Trinajstić information content (AvgIpc) is 2.52. The molecule has 13 heavy (non-hydrogen) atoms. The van der Waals surface area contributed by atoms with Crippen molar-refractivity contribution >= 4 is 27.5 Å². The summed E-state index contributed by atoms with van der Waals surface area (Å²) in [5.74, 6) is -1.07. The second-order valence-electron chi connectivity index (χ2n) is 2.37. The first-order valence-corrected chi connectivity index (χ1v) is 4.20. The van der Waals surface area contributed by atoms with Crippen molar-refractivity contribution in [1.82, 2.24) is 14.4 Å². The van der Waals surface area contributed by atoms with Crippen molar-refractivity contribution in [3.05, 3.63) is 28.9 Å². The number of rotatable bonds is 1. The summed E-state index contributed by atoms with van der Waals surface area (Å²) in [6, 6.07) is 0. The van der Waals surface area contributed by atoms with Crippen molar-refractivity contribution < 1.29 is 9.90 Å². The van der Waals surface area contributed by atoms with E-state index in [1.165, 1.54) is 6.33 Å². The van der Waals surface area contributed by atoms with Crippen molar-refractivity contribution in [1.29, 1.82) is 0 Å². The van der Waals surface area contributed by atoms with Gasteiger partial charge in [0.2, 0.25) is 0 Å². The second kappa shape index (κ2) is 2.81. The molecule has 1 N–H and O–H groups in total. The Balaban J connectivity index is 2.80. The van der Waals surface area contributed by atoms with Gasteiger partial charge >= 0.3 is 5.97 Å². The minimum Gasteiger partial charge on any atom is -0.476 e. The molecule has 0 atom stereocenters. The first-order valence-electron chi connectivity index (χ1n) is 3.40. The molecule has 0 aliphatic carbocycles. The zero-order valence-corrected chi connectivity index (χ0v) is 7.89. The van der Waals surface area contributed by atoms with Gasteiger partial charge in [-0.25, -0.2) is 14.8 Å². The lowest BCUT2D eigenvalue weighted by atomic mass is 10.4. The van der Waals surface area contributed by atoms with Crippen LogP contribution in [0.15, 0.2) is 23.2 Å². The topological polar surface area (TPSA) is 67.5 Å². The van der Waals surface area contributed by atoms with Crippen LogP contribution in [0.5, 0.6) is 0 Å². The molecular weight excluding hydrogens is 238 g/mol. The molecule has 2 aromatic rings. The van der Waals surface area contributed by atoms with E-state index in [1.807, 2.05) is 0 Å². The number of hydrogen-bond acceptors (Lipinski definition) is 3. The first kappa shape index (κ1) is 8.18. The summed E-state index contributed by atoms with van der Waals surface area (Å²) < 4.78 is 2.03. The quantitative estimate of drug-likeness (QED) is 0.815. The molecule has 2 rings (SSSR count). The number of halogens is 1. The van der Waals surface area contributed by atoms with Crippen LogP contribution in [0.25, 0.3) is 5.65 Å². The number of nitrogens with zero attached hydrogens (tertiary/aromatic N) is 3. The van der Waals surface area contributed by atoms with E-state index in [4.69, 9.17) is 5.11 Å². The number of aromatic nitrogens is 3. The maximum atomic E-state index is 10.7. The summed E-state index contributed by atoms with van der Waals surface area (Å²) in [4.78, 5) is 18.4. The summed E-state index contributed by atoms with van der Waals surface area (Å²) >= 11 is 3.13. The molecule has 0 aromatic carbocycles. The molecule has 0 aliphatic rings. The Morgan fingerprint density at radius 2 is 2.31 bits per heavy atom. The van der Waals surface area contributed by atoms with Gasteiger partial charge in [0.1, 0.15) is 6.33 Å². The Morgan fingerprint density at radius 3 is 3.00 bits per heavy atom. The van der Waals surface area contributed by atoms with Crippen LogP contribution in [0.2, 0.25) is 0 Å². The highest BCUT2D eigenvalue weighted by molar-refractivity contribution is 9.10. The van der Waals surface area contributed by atoms with Crippen LogP contribution >= 0.6 is 15.9 Å². The smallest absolute Gasteiger partial charge is 0.355 e. The molecule has 0 radical (unpaired) electrons. The molecule has 5 nitrogen and oxygen atoms in total. The predicted octanol–water partition coefficient (Wildman–Crippen LogP) is 1.19. The van der Waals surface area contributed by atoms with Crippen LogP contribution < -0.4 is 0 Å². The lowest BCUT2D eigenvalue weighted by Crippen LogP contribution is -2.03. The van der Waals surface area contributed by atoms with E-state index in [9.17, 15) is 4.79 Å². The zero-order valence-electron chi connectivity index (χ0n) is 6.31. The predicted molar refractivity (Wildman–Crippen MR) is 47.6 cm³/mol. The Hall–Kier alpha value is -1.43. The van der Waals surface area contributed by atoms with Crippen LogP contribution in [-0.2, 0) is 0 Å². The fourth-order valence-corrected chi connectivity index (χ4v) is 1.59. The Kier molecular flexibility index (Phi) is 1.77. The van der Waals surface area contributed by atoms with E-state index in [1.54, 1.807) is 16.8 Å². The molecule has 0 aliphatic heterocycles. The molecule has 0 bridgehead atoms. The third kappa shape index (κ3) is 1.19. The van der Waals surface area contributed by atoms with E-state index in [0.29, 0.717) is 10.1 Å². The maximum Gasteiger partial charge on any atom is 0.355 e. The molecular formula is C7H4BrN3O2. The summed E-state index contributed by atoms with van der Waals surface area (Å²) in [5.41, 5.74) is 0.520.